The minimum absolute atomic E-state index is 0.565. The maximum atomic E-state index is 8.49. The fourth-order valence-electron chi connectivity index (χ4n) is 1.68. The molecule has 0 aliphatic heterocycles. The van der Waals surface area contributed by atoms with E-state index in [1.807, 2.05) is 53.8 Å². The summed E-state index contributed by atoms with van der Waals surface area (Å²) in [6.45, 7) is 2.59. The molecule has 0 aromatic carbocycles. The quantitative estimate of drug-likeness (QED) is 0.423. The van der Waals surface area contributed by atoms with Crippen LogP contribution in [0.3, 0.4) is 0 Å². The molecule has 2 heterocycles. The highest BCUT2D eigenvalue weighted by atomic mass is 35.7. The number of nitrogen functional groups attached to an aromatic ring is 2. The van der Waals surface area contributed by atoms with Crippen molar-refractivity contribution in [1.29, 1.82) is 0 Å². The number of hydrogen-bond donors (Lipinski definition) is 2. The first-order valence-corrected chi connectivity index (χ1v) is 9.13. The molecule has 0 spiro atoms. The third kappa shape index (κ3) is 14.9. The molecule has 15 heteroatoms. The van der Waals surface area contributed by atoms with Gasteiger partial charge in [0.25, 0.3) is 11.6 Å². The Morgan fingerprint density at radius 2 is 1.44 bits per heavy atom. The highest BCUT2D eigenvalue weighted by Gasteiger charge is 2.15. The van der Waals surface area contributed by atoms with Crippen molar-refractivity contribution in [3.8, 4) is 0 Å². The number of halogens is 2. The van der Waals surface area contributed by atoms with Crippen LogP contribution >= 0.6 is 0 Å². The Morgan fingerprint density at radius 1 is 0.963 bits per heavy atom. The zero-order valence-electron chi connectivity index (χ0n) is 14.1. The van der Waals surface area contributed by atoms with E-state index in [0.29, 0.717) is 12.4 Å². The monoisotopic (exact) mass is 429 g/mol. The minimum atomic E-state index is -4.94. The first-order valence-electron chi connectivity index (χ1n) is 6.66. The van der Waals surface area contributed by atoms with Gasteiger partial charge in [-0.15, -0.1) is 20.5 Å². The molecule has 0 aliphatic rings. The molecule has 0 bridgehead atoms. The molecule has 0 saturated carbocycles. The average Bonchev–Trinajstić information content (AvgIpc) is 2.41. The van der Waals surface area contributed by atoms with Crippen molar-refractivity contribution in [2.24, 2.45) is 7.05 Å². The number of rotatable bonds is 2. The molecule has 2 rings (SSSR count). The molecule has 0 fully saturated rings. The Morgan fingerprint density at radius 3 is 1.89 bits per heavy atom. The van der Waals surface area contributed by atoms with Crippen LogP contribution in [0.15, 0.2) is 30.7 Å². The number of hydrogen-bond acceptors (Lipinski definition) is 11. The molecule has 0 saturated heterocycles. The fourth-order valence-corrected chi connectivity index (χ4v) is 1.68. The third-order valence-corrected chi connectivity index (χ3v) is 2.71. The van der Waals surface area contributed by atoms with E-state index < -0.39 is 20.5 Å². The van der Waals surface area contributed by atoms with Gasteiger partial charge in [0.15, 0.2) is 18.9 Å². The second-order valence-corrected chi connectivity index (χ2v) is 6.39. The zero-order chi connectivity index (χ0) is 21.4. The first kappa shape index (κ1) is 25.1. The van der Waals surface area contributed by atoms with E-state index in [2.05, 4.69) is 4.98 Å². The summed E-state index contributed by atoms with van der Waals surface area (Å²) in [6, 6.07) is 3.76. The van der Waals surface area contributed by atoms with Gasteiger partial charge in [-0.25, -0.2) is 41.8 Å². The summed E-state index contributed by atoms with van der Waals surface area (Å²) in [7, 11) is -7.94. The summed E-state index contributed by atoms with van der Waals surface area (Å²) < 4.78 is 71.9. The molecule has 0 amide bonds. The summed E-state index contributed by atoms with van der Waals surface area (Å²) >= 11 is 0. The molecular formula is C12H17Cl2N5O8. The van der Waals surface area contributed by atoms with Crippen molar-refractivity contribution in [2.45, 2.75) is 13.5 Å². The molecule has 2 aromatic heterocycles. The maximum Gasteiger partial charge on any atom is 0.297 e. The normalized spacial score (nSPS) is 11.0. The number of pyridine rings is 1. The molecule has 2 aromatic rings. The Balaban J connectivity index is 0.000000563. The van der Waals surface area contributed by atoms with E-state index in [1.54, 1.807) is 0 Å². The van der Waals surface area contributed by atoms with Crippen molar-refractivity contribution in [3.63, 3.8) is 0 Å². The van der Waals surface area contributed by atoms with Gasteiger partial charge in [-0.2, -0.15) is 4.57 Å². The lowest BCUT2D eigenvalue weighted by Crippen LogP contribution is -2.68. The van der Waals surface area contributed by atoms with Gasteiger partial charge in [0, 0.05) is 13.0 Å². The van der Waals surface area contributed by atoms with Gasteiger partial charge in [0.05, 0.1) is 12.7 Å². The van der Waals surface area contributed by atoms with E-state index in [-0.39, 0.29) is 0 Å². The average molecular weight is 430 g/mol. The summed E-state index contributed by atoms with van der Waals surface area (Å²) in [5.41, 5.74) is 13.4. The number of anilines is 2. The lowest BCUT2D eigenvalue weighted by atomic mass is 10.3. The molecule has 0 unspecified atom stereocenters. The van der Waals surface area contributed by atoms with E-state index in [0.717, 1.165) is 17.1 Å². The molecule has 4 N–H and O–H groups in total. The molecule has 0 radical (unpaired) electrons. The summed E-state index contributed by atoms with van der Waals surface area (Å²) in [5, 5.41) is 0. The highest BCUT2D eigenvalue weighted by Crippen LogP contribution is 2.05. The standard InChI is InChI=1S/C12H16N5.2ClHO4/c1-9-15-12(14)10(6-16(9)2)7-17-5-3-4-11(13)8-17;2*2-1(3,4)5/h3-6,8,14H,7,13H2,1-2H3;2*(H,2,3,4,5)/q+1;;/p-1. The number of aromatic nitrogens is 3. The van der Waals surface area contributed by atoms with E-state index in [1.165, 1.54) is 0 Å². The van der Waals surface area contributed by atoms with E-state index in [9.17, 15) is 0 Å². The van der Waals surface area contributed by atoms with Crippen LogP contribution in [0.25, 0.3) is 0 Å². The van der Waals surface area contributed by atoms with Gasteiger partial charge < -0.3 is 11.5 Å². The molecule has 27 heavy (non-hydrogen) atoms. The lowest BCUT2D eigenvalue weighted by Gasteiger charge is -2.17. The smallest absolute Gasteiger partial charge is 0.297 e. The van der Waals surface area contributed by atoms with Gasteiger partial charge >= 0.3 is 0 Å². The van der Waals surface area contributed by atoms with Crippen molar-refractivity contribution in [1.82, 2.24) is 4.98 Å². The highest BCUT2D eigenvalue weighted by molar-refractivity contribution is 5.35. The van der Waals surface area contributed by atoms with Crippen molar-refractivity contribution >= 4 is 11.5 Å². The van der Waals surface area contributed by atoms with Crippen LogP contribution in [0.5, 0.6) is 0 Å². The predicted octanol–water partition coefficient (Wildman–Crippen LogP) is -9.80. The maximum absolute atomic E-state index is 8.49. The molecule has 0 aliphatic carbocycles. The van der Waals surface area contributed by atoms with Crippen LogP contribution in [-0.2, 0) is 13.6 Å². The van der Waals surface area contributed by atoms with Crippen LogP contribution < -0.4 is 57.9 Å². The number of nitrogens with zero attached hydrogens (tertiary/aromatic N) is 3. The van der Waals surface area contributed by atoms with Crippen molar-refractivity contribution in [2.75, 3.05) is 11.5 Å². The van der Waals surface area contributed by atoms with Gasteiger partial charge in [-0.1, -0.05) is 0 Å². The minimum Gasteiger partial charge on any atom is -0.394 e. The van der Waals surface area contributed by atoms with Crippen LogP contribution in [0.4, 0.5) is 11.5 Å². The van der Waals surface area contributed by atoms with Crippen LogP contribution in [-0.4, -0.2) is 4.98 Å². The second kappa shape index (κ2) is 10.4. The van der Waals surface area contributed by atoms with E-state index >= 15 is 0 Å². The molecule has 13 nitrogen and oxygen atoms in total. The summed E-state index contributed by atoms with van der Waals surface area (Å²) in [5.74, 6) is 1.46. The van der Waals surface area contributed by atoms with Crippen LogP contribution in [0.1, 0.15) is 11.4 Å². The number of nitrogens with two attached hydrogens (primary N) is 2. The van der Waals surface area contributed by atoms with Crippen molar-refractivity contribution in [3.05, 3.63) is 42.1 Å². The topological polar surface area (TPSA) is 257 Å². The summed E-state index contributed by atoms with van der Waals surface area (Å²) in [4.78, 5) is 4.29. The van der Waals surface area contributed by atoms with Crippen molar-refractivity contribution < 1.29 is 66.9 Å². The van der Waals surface area contributed by atoms with Gasteiger partial charge in [-0.3, -0.25) is 0 Å². The number of aryl methyl sites for hydroxylation is 2. The van der Waals surface area contributed by atoms with Gasteiger partial charge in [-0.05, 0) is 11.1 Å². The van der Waals surface area contributed by atoms with Gasteiger partial charge in [0.1, 0.15) is 11.8 Å². The SMILES string of the molecule is Cc1nc(N)c(C[n+]2cccc(N)c2)c[n+]1C.[O-][Cl+3]([O-])([O-])[O-].[O-][Cl+3]([O-])([O-])[O-]. The van der Waals surface area contributed by atoms with Crippen LogP contribution in [0.2, 0.25) is 0 Å². The Bertz CT molecular complexity index is 715. The Kier molecular flexibility index (Phi) is 9.69. The fraction of sp³-hybridized carbons (Fsp3) is 0.250. The summed E-state index contributed by atoms with van der Waals surface area (Å²) in [6.07, 6.45) is 5.82. The third-order valence-electron chi connectivity index (χ3n) is 2.71. The largest absolute Gasteiger partial charge is 0.394 e. The predicted molar refractivity (Wildman–Crippen MR) is 64.7 cm³/mol. The first-order chi connectivity index (χ1) is 12.1. The van der Waals surface area contributed by atoms with Crippen LogP contribution in [0, 0.1) is 27.4 Å². The zero-order valence-corrected chi connectivity index (χ0v) is 15.6. The van der Waals surface area contributed by atoms with E-state index in [4.69, 9.17) is 48.7 Å². The Labute approximate surface area is 158 Å². The second-order valence-electron chi connectivity index (χ2n) is 4.88. The molecule has 152 valence electrons. The molecular weight excluding hydrogens is 413 g/mol. The van der Waals surface area contributed by atoms with Gasteiger partial charge in [0.2, 0.25) is 0 Å². The Hall–Kier alpha value is -1.91. The lowest BCUT2D eigenvalue weighted by molar-refractivity contribution is -2.00. The molecule has 0 atom stereocenters.